The van der Waals surface area contributed by atoms with Gasteiger partial charge in [0, 0.05) is 47.4 Å². The van der Waals surface area contributed by atoms with Gasteiger partial charge in [0.15, 0.2) is 5.13 Å². The van der Waals surface area contributed by atoms with Crippen molar-refractivity contribution in [1.29, 1.82) is 0 Å². The molecule has 0 aliphatic carbocycles. The van der Waals surface area contributed by atoms with E-state index in [-0.39, 0.29) is 6.03 Å². The lowest BCUT2D eigenvalue weighted by Gasteiger charge is -2.24. The zero-order valence-electron chi connectivity index (χ0n) is 15.8. The van der Waals surface area contributed by atoms with Gasteiger partial charge in [-0.15, -0.1) is 11.3 Å². The van der Waals surface area contributed by atoms with Crippen LogP contribution in [0.15, 0.2) is 58.6 Å². The molecule has 2 amide bonds. The minimum atomic E-state index is -0.156. The van der Waals surface area contributed by atoms with E-state index in [4.69, 9.17) is 0 Å². The number of hydrogen-bond donors (Lipinski definition) is 1. The van der Waals surface area contributed by atoms with Crippen molar-refractivity contribution in [2.45, 2.75) is 6.54 Å². The van der Waals surface area contributed by atoms with Crippen LogP contribution >= 0.6 is 27.3 Å². The molecule has 0 atom stereocenters. The normalized spacial score (nSPS) is 10.9. The summed E-state index contributed by atoms with van der Waals surface area (Å²) in [6.07, 6.45) is 3.49. The number of nitrogens with one attached hydrogen (secondary N) is 1. The molecule has 0 aliphatic rings. The number of benzene rings is 1. The summed E-state index contributed by atoms with van der Waals surface area (Å²) in [6, 6.07) is 11.7. The third kappa shape index (κ3) is 5.85. The van der Waals surface area contributed by atoms with Crippen LogP contribution in [0, 0.1) is 0 Å². The average Bonchev–Trinajstić information content (AvgIpc) is 3.15. The van der Waals surface area contributed by atoms with Crippen molar-refractivity contribution in [2.75, 3.05) is 32.5 Å². The van der Waals surface area contributed by atoms with Crippen molar-refractivity contribution in [3.8, 4) is 11.3 Å². The summed E-state index contributed by atoms with van der Waals surface area (Å²) in [6.45, 7) is 1.94. The number of carbonyl (C=O) groups excluding carboxylic acids is 1. The Balaban J connectivity index is 1.69. The number of anilines is 1. The van der Waals surface area contributed by atoms with Crippen LogP contribution in [-0.2, 0) is 6.54 Å². The molecular formula is C20H22BrN5OS. The number of halogens is 1. The van der Waals surface area contributed by atoms with Gasteiger partial charge in [0.2, 0.25) is 0 Å². The van der Waals surface area contributed by atoms with Gasteiger partial charge in [-0.1, -0.05) is 28.1 Å². The molecule has 0 radical (unpaired) electrons. The molecule has 2 heterocycles. The number of pyridine rings is 1. The summed E-state index contributed by atoms with van der Waals surface area (Å²) in [4.78, 5) is 25.4. The minimum absolute atomic E-state index is 0.156. The van der Waals surface area contributed by atoms with Crippen LogP contribution in [0.2, 0.25) is 0 Å². The number of hydrogen-bond acceptors (Lipinski definition) is 5. The summed E-state index contributed by atoms with van der Waals surface area (Å²) in [5, 5.41) is 5.43. The molecule has 0 spiro atoms. The van der Waals surface area contributed by atoms with Gasteiger partial charge in [0.1, 0.15) is 0 Å². The number of urea groups is 1. The van der Waals surface area contributed by atoms with E-state index in [1.807, 2.05) is 55.9 Å². The molecule has 1 N–H and O–H groups in total. The molecule has 28 heavy (non-hydrogen) atoms. The molecule has 0 saturated heterocycles. The maximum atomic E-state index is 12.9. The summed E-state index contributed by atoms with van der Waals surface area (Å²) >= 11 is 4.85. The highest BCUT2D eigenvalue weighted by Crippen LogP contribution is 2.24. The predicted molar refractivity (Wildman–Crippen MR) is 117 cm³/mol. The monoisotopic (exact) mass is 459 g/mol. The molecule has 0 aliphatic heterocycles. The van der Waals surface area contributed by atoms with Gasteiger partial charge < -0.3 is 9.80 Å². The summed E-state index contributed by atoms with van der Waals surface area (Å²) in [7, 11) is 3.99. The lowest BCUT2D eigenvalue weighted by molar-refractivity contribution is 0.202. The largest absolute Gasteiger partial charge is 0.323 e. The van der Waals surface area contributed by atoms with E-state index in [9.17, 15) is 4.79 Å². The number of carbonyl (C=O) groups is 1. The van der Waals surface area contributed by atoms with E-state index in [0.29, 0.717) is 18.2 Å². The first-order valence-corrected chi connectivity index (χ1v) is 10.5. The molecule has 2 aromatic heterocycles. The summed E-state index contributed by atoms with van der Waals surface area (Å²) in [5.74, 6) is 0. The van der Waals surface area contributed by atoms with Gasteiger partial charge in [-0.3, -0.25) is 10.3 Å². The fraction of sp³-hybridized carbons (Fsp3) is 0.250. The third-order valence-electron chi connectivity index (χ3n) is 4.07. The van der Waals surface area contributed by atoms with Crippen molar-refractivity contribution >= 4 is 38.4 Å². The molecule has 3 aromatic rings. The third-order valence-corrected chi connectivity index (χ3v) is 5.35. The Morgan fingerprint density at radius 1 is 1.18 bits per heavy atom. The van der Waals surface area contributed by atoms with Crippen molar-refractivity contribution in [1.82, 2.24) is 19.8 Å². The van der Waals surface area contributed by atoms with Crippen LogP contribution in [-0.4, -0.2) is 53.0 Å². The minimum Gasteiger partial charge on any atom is -0.319 e. The van der Waals surface area contributed by atoms with Gasteiger partial charge in [-0.25, -0.2) is 9.78 Å². The molecule has 8 heteroatoms. The van der Waals surface area contributed by atoms with Crippen molar-refractivity contribution in [3.63, 3.8) is 0 Å². The van der Waals surface area contributed by atoms with E-state index >= 15 is 0 Å². The van der Waals surface area contributed by atoms with Crippen molar-refractivity contribution in [3.05, 3.63) is 64.2 Å². The van der Waals surface area contributed by atoms with E-state index in [0.717, 1.165) is 27.8 Å². The number of amides is 2. The lowest BCUT2D eigenvalue weighted by Crippen LogP contribution is -2.39. The maximum absolute atomic E-state index is 12.9. The maximum Gasteiger partial charge on any atom is 0.323 e. The lowest BCUT2D eigenvalue weighted by atomic mass is 10.2. The molecule has 0 saturated carbocycles. The van der Waals surface area contributed by atoms with Gasteiger partial charge in [0.25, 0.3) is 0 Å². The SMILES string of the molecule is CN(C)CCN(Cc1ccc(Br)cc1)C(=O)Nc1nc(-c2cccnc2)cs1. The quantitative estimate of drug-likeness (QED) is 0.562. The number of likely N-dealkylation sites (N-methyl/N-ethyl adjacent to an activating group) is 1. The first-order chi connectivity index (χ1) is 13.5. The predicted octanol–water partition coefficient (Wildman–Crippen LogP) is 4.56. The van der Waals surface area contributed by atoms with Gasteiger partial charge in [-0.05, 0) is 43.9 Å². The Morgan fingerprint density at radius 2 is 1.96 bits per heavy atom. The van der Waals surface area contributed by atoms with Crippen LogP contribution in [0.3, 0.4) is 0 Å². The van der Waals surface area contributed by atoms with Crippen LogP contribution in [0.4, 0.5) is 9.93 Å². The molecule has 6 nitrogen and oxygen atoms in total. The molecule has 3 rings (SSSR count). The Labute approximate surface area is 177 Å². The van der Waals surface area contributed by atoms with Crippen LogP contribution in [0.1, 0.15) is 5.56 Å². The zero-order valence-corrected chi connectivity index (χ0v) is 18.2. The summed E-state index contributed by atoms with van der Waals surface area (Å²) in [5.41, 5.74) is 2.81. The average molecular weight is 460 g/mol. The number of aromatic nitrogens is 2. The number of thiazole rings is 1. The van der Waals surface area contributed by atoms with Gasteiger partial charge >= 0.3 is 6.03 Å². The van der Waals surface area contributed by atoms with Gasteiger partial charge in [-0.2, -0.15) is 0 Å². The van der Waals surface area contributed by atoms with E-state index < -0.39 is 0 Å². The molecule has 0 fully saturated rings. The van der Waals surface area contributed by atoms with Crippen LogP contribution < -0.4 is 5.32 Å². The Hall–Kier alpha value is -2.29. The molecular weight excluding hydrogens is 438 g/mol. The Bertz CT molecular complexity index is 898. The van der Waals surface area contributed by atoms with Crippen LogP contribution in [0.5, 0.6) is 0 Å². The Morgan fingerprint density at radius 3 is 2.64 bits per heavy atom. The highest BCUT2D eigenvalue weighted by atomic mass is 79.9. The van der Waals surface area contributed by atoms with E-state index in [2.05, 4.69) is 36.1 Å². The first kappa shape index (κ1) is 20.4. The molecule has 146 valence electrons. The highest BCUT2D eigenvalue weighted by molar-refractivity contribution is 9.10. The smallest absolute Gasteiger partial charge is 0.319 e. The fourth-order valence-electron chi connectivity index (χ4n) is 2.53. The second-order valence-electron chi connectivity index (χ2n) is 6.56. The van der Waals surface area contributed by atoms with Crippen molar-refractivity contribution < 1.29 is 4.79 Å². The van der Waals surface area contributed by atoms with Crippen LogP contribution in [0.25, 0.3) is 11.3 Å². The number of rotatable bonds is 7. The first-order valence-electron chi connectivity index (χ1n) is 8.82. The van der Waals surface area contributed by atoms with E-state index in [1.165, 1.54) is 11.3 Å². The second kappa shape index (κ2) is 9.77. The molecule has 0 bridgehead atoms. The van der Waals surface area contributed by atoms with Gasteiger partial charge in [0.05, 0.1) is 5.69 Å². The summed E-state index contributed by atoms with van der Waals surface area (Å²) < 4.78 is 1.02. The zero-order chi connectivity index (χ0) is 19.9. The molecule has 0 unspecified atom stereocenters. The fourth-order valence-corrected chi connectivity index (χ4v) is 3.51. The Kier molecular flexibility index (Phi) is 7.13. The standard InChI is InChI=1S/C20H22BrN5OS/c1-25(2)10-11-26(13-15-5-7-17(21)8-6-15)20(27)24-19-23-18(14-28-19)16-4-3-9-22-12-16/h3-9,12,14H,10-11,13H2,1-2H3,(H,23,24,27). The number of nitrogens with zero attached hydrogens (tertiary/aromatic N) is 4. The van der Waals surface area contributed by atoms with Crippen molar-refractivity contribution in [2.24, 2.45) is 0 Å². The highest BCUT2D eigenvalue weighted by Gasteiger charge is 2.16. The second-order valence-corrected chi connectivity index (χ2v) is 8.33. The molecule has 1 aromatic carbocycles. The van der Waals surface area contributed by atoms with E-state index in [1.54, 1.807) is 17.3 Å². The topological polar surface area (TPSA) is 61.4 Å².